The van der Waals surface area contributed by atoms with E-state index in [4.69, 9.17) is 10.3 Å². The highest BCUT2D eigenvalue weighted by Gasteiger charge is 2.13. The van der Waals surface area contributed by atoms with E-state index >= 15 is 0 Å². The highest BCUT2D eigenvalue weighted by Crippen LogP contribution is 2.34. The van der Waals surface area contributed by atoms with Gasteiger partial charge in [0.1, 0.15) is 0 Å². The predicted molar refractivity (Wildman–Crippen MR) is 77.4 cm³/mol. The molecule has 0 aliphatic rings. The molecule has 2 N–H and O–H groups in total. The van der Waals surface area contributed by atoms with Crippen LogP contribution in [0.3, 0.4) is 0 Å². The Morgan fingerprint density at radius 3 is 2.56 bits per heavy atom. The summed E-state index contributed by atoms with van der Waals surface area (Å²) in [5.41, 5.74) is 8.94. The average molecular weight is 309 g/mol. The number of halogens is 1. The number of anilines is 1. The van der Waals surface area contributed by atoms with Crippen molar-refractivity contribution in [2.24, 2.45) is 0 Å². The van der Waals surface area contributed by atoms with Crippen LogP contribution in [0.25, 0.3) is 11.1 Å². The summed E-state index contributed by atoms with van der Waals surface area (Å²) in [6, 6.07) is 6.31. The first-order chi connectivity index (χ1) is 8.67. The molecular weight excluding hydrogens is 292 g/mol. The maximum Gasteiger partial charge on any atom is 0.229 e. The van der Waals surface area contributed by atoms with E-state index in [0.717, 1.165) is 28.4 Å². The van der Waals surface area contributed by atoms with E-state index in [1.807, 2.05) is 0 Å². The first-order valence-electron chi connectivity index (χ1n) is 6.17. The Kier molecular flexibility index (Phi) is 4.07. The van der Waals surface area contributed by atoms with E-state index in [9.17, 15) is 0 Å². The molecule has 1 aromatic heterocycles. The molecule has 1 heterocycles. The van der Waals surface area contributed by atoms with Gasteiger partial charge in [-0.15, -0.1) is 0 Å². The fourth-order valence-corrected chi connectivity index (χ4v) is 2.92. The summed E-state index contributed by atoms with van der Waals surface area (Å²) in [7, 11) is 0. The van der Waals surface area contributed by atoms with Crippen molar-refractivity contribution in [1.29, 1.82) is 0 Å². The summed E-state index contributed by atoms with van der Waals surface area (Å²) in [6.45, 7) is 4.43. The summed E-state index contributed by atoms with van der Waals surface area (Å²) < 4.78 is 6.01. The minimum atomic E-state index is 0.359. The molecular formula is C14H17BrN2O. The zero-order valence-corrected chi connectivity index (χ0v) is 12.2. The van der Waals surface area contributed by atoms with Crippen molar-refractivity contribution in [1.82, 2.24) is 5.16 Å². The van der Waals surface area contributed by atoms with Gasteiger partial charge in [0.2, 0.25) is 5.88 Å². The van der Waals surface area contributed by atoms with E-state index in [1.54, 1.807) is 6.20 Å². The number of benzene rings is 1. The summed E-state index contributed by atoms with van der Waals surface area (Å²) >= 11 is 3.65. The van der Waals surface area contributed by atoms with Gasteiger partial charge >= 0.3 is 0 Å². The number of hydrogen-bond donors (Lipinski definition) is 1. The fraction of sp³-hybridized carbons (Fsp3) is 0.357. The minimum Gasteiger partial charge on any atom is -0.367 e. The van der Waals surface area contributed by atoms with Gasteiger partial charge in [-0.2, -0.15) is 0 Å². The Bertz CT molecular complexity index is 532. The number of hydrogen-bond acceptors (Lipinski definition) is 3. The molecule has 2 rings (SSSR count). The third-order valence-corrected chi connectivity index (χ3v) is 4.02. The van der Waals surface area contributed by atoms with Crippen LogP contribution < -0.4 is 5.73 Å². The molecule has 4 heteroatoms. The van der Waals surface area contributed by atoms with Crippen molar-refractivity contribution in [3.8, 4) is 11.1 Å². The van der Waals surface area contributed by atoms with E-state index in [-0.39, 0.29) is 0 Å². The first kappa shape index (κ1) is 13.1. The largest absolute Gasteiger partial charge is 0.367 e. The van der Waals surface area contributed by atoms with Crippen LogP contribution in [0.4, 0.5) is 5.88 Å². The maximum atomic E-state index is 5.73. The van der Waals surface area contributed by atoms with Crippen molar-refractivity contribution >= 4 is 21.8 Å². The molecule has 0 radical (unpaired) electrons. The summed E-state index contributed by atoms with van der Waals surface area (Å²) in [6.07, 6.45) is 3.93. The number of nitrogen functional groups attached to an aromatic ring is 1. The van der Waals surface area contributed by atoms with Gasteiger partial charge in [-0.3, -0.25) is 0 Å². The second kappa shape index (κ2) is 5.57. The van der Waals surface area contributed by atoms with Gasteiger partial charge in [-0.1, -0.05) is 47.1 Å². The standard InChI is InChI=1S/C14H17BrN2O/c1-3-9(4-2)11-6-5-10(7-13(11)15)12-8-17-18-14(12)16/h5-9H,3-4,16H2,1-2H3. The molecule has 0 atom stereocenters. The number of rotatable bonds is 4. The molecule has 0 saturated carbocycles. The Morgan fingerprint density at radius 2 is 2.06 bits per heavy atom. The van der Waals surface area contributed by atoms with Crippen molar-refractivity contribution in [2.75, 3.05) is 5.73 Å². The molecule has 96 valence electrons. The Morgan fingerprint density at radius 1 is 1.33 bits per heavy atom. The normalized spacial score (nSPS) is 11.1. The lowest BCUT2D eigenvalue weighted by Gasteiger charge is -2.15. The van der Waals surface area contributed by atoms with E-state index < -0.39 is 0 Å². The van der Waals surface area contributed by atoms with Crippen LogP contribution in [0.5, 0.6) is 0 Å². The van der Waals surface area contributed by atoms with Gasteiger partial charge in [0, 0.05) is 4.47 Å². The van der Waals surface area contributed by atoms with Crippen molar-refractivity contribution < 1.29 is 4.52 Å². The maximum absolute atomic E-state index is 5.73. The van der Waals surface area contributed by atoms with Gasteiger partial charge in [0.05, 0.1) is 11.8 Å². The highest BCUT2D eigenvalue weighted by atomic mass is 79.9. The number of nitrogens with two attached hydrogens (primary N) is 1. The molecule has 0 aliphatic heterocycles. The third kappa shape index (κ3) is 2.43. The number of nitrogens with zero attached hydrogens (tertiary/aromatic N) is 1. The molecule has 0 aliphatic carbocycles. The smallest absolute Gasteiger partial charge is 0.229 e. The van der Waals surface area contributed by atoms with Gasteiger partial charge < -0.3 is 10.3 Å². The van der Waals surface area contributed by atoms with Crippen LogP contribution in [0.2, 0.25) is 0 Å². The fourth-order valence-electron chi connectivity index (χ4n) is 2.22. The molecule has 0 bridgehead atoms. The van der Waals surface area contributed by atoms with Gasteiger partial charge in [-0.25, -0.2) is 0 Å². The van der Waals surface area contributed by atoms with Crippen LogP contribution in [0, 0.1) is 0 Å². The summed E-state index contributed by atoms with van der Waals surface area (Å²) in [4.78, 5) is 0. The van der Waals surface area contributed by atoms with Crippen LogP contribution in [-0.2, 0) is 0 Å². The summed E-state index contributed by atoms with van der Waals surface area (Å²) in [5, 5.41) is 3.70. The van der Waals surface area contributed by atoms with Gasteiger partial charge in [0.25, 0.3) is 0 Å². The summed E-state index contributed by atoms with van der Waals surface area (Å²) in [5.74, 6) is 0.949. The van der Waals surface area contributed by atoms with Crippen molar-refractivity contribution in [2.45, 2.75) is 32.6 Å². The lowest BCUT2D eigenvalue weighted by atomic mass is 9.92. The molecule has 0 amide bonds. The SMILES string of the molecule is CCC(CC)c1ccc(-c2cnoc2N)cc1Br. The van der Waals surface area contributed by atoms with Crippen LogP contribution in [-0.4, -0.2) is 5.16 Å². The quantitative estimate of drug-likeness (QED) is 0.898. The third-order valence-electron chi connectivity index (χ3n) is 3.34. The minimum absolute atomic E-state index is 0.359. The number of aromatic nitrogens is 1. The molecule has 18 heavy (non-hydrogen) atoms. The zero-order valence-electron chi connectivity index (χ0n) is 10.6. The zero-order chi connectivity index (χ0) is 13.1. The van der Waals surface area contributed by atoms with E-state index in [2.05, 4.69) is 53.1 Å². The topological polar surface area (TPSA) is 52.0 Å². The van der Waals surface area contributed by atoms with Crippen LogP contribution in [0.15, 0.2) is 33.4 Å². The molecule has 0 unspecified atom stereocenters. The highest BCUT2D eigenvalue weighted by molar-refractivity contribution is 9.10. The van der Waals surface area contributed by atoms with Crippen LogP contribution >= 0.6 is 15.9 Å². The Balaban J connectivity index is 2.39. The van der Waals surface area contributed by atoms with Gasteiger partial charge in [0.15, 0.2) is 0 Å². The second-order valence-electron chi connectivity index (χ2n) is 4.35. The Hall–Kier alpha value is -1.29. The molecule has 0 saturated heterocycles. The average Bonchev–Trinajstić information content (AvgIpc) is 2.79. The first-order valence-corrected chi connectivity index (χ1v) is 6.96. The second-order valence-corrected chi connectivity index (χ2v) is 5.21. The predicted octanol–water partition coefficient (Wildman–Crippen LogP) is 4.59. The lowest BCUT2D eigenvalue weighted by molar-refractivity contribution is 0.436. The Labute approximate surface area is 115 Å². The van der Waals surface area contributed by atoms with Crippen LogP contribution in [0.1, 0.15) is 38.2 Å². The molecule has 0 spiro atoms. The molecule has 0 fully saturated rings. The molecule has 1 aromatic carbocycles. The monoisotopic (exact) mass is 308 g/mol. The lowest BCUT2D eigenvalue weighted by Crippen LogP contribution is -1.97. The van der Waals surface area contributed by atoms with Gasteiger partial charge in [-0.05, 0) is 36.0 Å². The molecule has 3 nitrogen and oxygen atoms in total. The van der Waals surface area contributed by atoms with E-state index in [1.165, 1.54) is 5.56 Å². The van der Waals surface area contributed by atoms with Crippen molar-refractivity contribution in [3.05, 3.63) is 34.4 Å². The molecule has 2 aromatic rings. The van der Waals surface area contributed by atoms with Crippen molar-refractivity contribution in [3.63, 3.8) is 0 Å². The van der Waals surface area contributed by atoms with E-state index in [0.29, 0.717) is 11.8 Å².